The maximum absolute atomic E-state index is 13.3. The average Bonchev–Trinajstić information content (AvgIpc) is 2.42. The van der Waals surface area contributed by atoms with Crippen LogP contribution in [0.4, 0.5) is 4.39 Å². The van der Waals surface area contributed by atoms with Crippen molar-refractivity contribution in [3.63, 3.8) is 0 Å². The Hall–Kier alpha value is -0.640. The Morgan fingerprint density at radius 2 is 2.26 bits per heavy atom. The lowest BCUT2D eigenvalue weighted by molar-refractivity contribution is 0.00234. The molecule has 0 saturated carbocycles. The van der Waals surface area contributed by atoms with Crippen molar-refractivity contribution in [3.05, 3.63) is 34.6 Å². The fourth-order valence-electron chi connectivity index (χ4n) is 2.45. The molecule has 2 nitrogen and oxygen atoms in total. The van der Waals surface area contributed by atoms with Crippen molar-refractivity contribution < 1.29 is 14.2 Å². The maximum atomic E-state index is 13.3. The van der Waals surface area contributed by atoms with Crippen LogP contribution in [0.5, 0.6) is 0 Å². The van der Waals surface area contributed by atoms with E-state index in [9.17, 15) is 9.50 Å². The minimum Gasteiger partial charge on any atom is -0.393 e. The molecule has 19 heavy (non-hydrogen) atoms. The summed E-state index contributed by atoms with van der Waals surface area (Å²) < 4.78 is 18.9. The van der Waals surface area contributed by atoms with Crippen LogP contribution < -0.4 is 0 Å². The lowest BCUT2D eigenvalue weighted by Gasteiger charge is -2.23. The van der Waals surface area contributed by atoms with Gasteiger partial charge in [0, 0.05) is 6.61 Å². The molecule has 1 N–H and O–H groups in total. The quantitative estimate of drug-likeness (QED) is 0.894. The maximum Gasteiger partial charge on any atom is 0.142 e. The molecule has 0 radical (unpaired) electrons. The standard InChI is InChI=1S/C15H20ClFO2/c16-14-7-4-11(10-15(14)17)9-12(18)5-6-13-3-1-2-8-19-13/h4,7,10,12-13,18H,1-3,5-6,8-9H2. The van der Waals surface area contributed by atoms with Gasteiger partial charge in [-0.2, -0.15) is 0 Å². The lowest BCUT2D eigenvalue weighted by atomic mass is 9.99. The predicted octanol–water partition coefficient (Wildman–Crippen LogP) is 3.73. The number of benzene rings is 1. The van der Waals surface area contributed by atoms with Crippen LogP contribution in [0.15, 0.2) is 18.2 Å². The third kappa shape index (κ3) is 4.75. The fourth-order valence-corrected chi connectivity index (χ4v) is 2.57. The van der Waals surface area contributed by atoms with Crippen molar-refractivity contribution in [1.82, 2.24) is 0 Å². The van der Waals surface area contributed by atoms with Crippen LogP contribution >= 0.6 is 11.6 Å². The second-order valence-electron chi connectivity index (χ2n) is 5.17. The molecule has 4 heteroatoms. The summed E-state index contributed by atoms with van der Waals surface area (Å²) in [5.74, 6) is -0.429. The van der Waals surface area contributed by atoms with Gasteiger partial charge < -0.3 is 9.84 Å². The van der Waals surface area contributed by atoms with E-state index >= 15 is 0 Å². The summed E-state index contributed by atoms with van der Waals surface area (Å²) in [4.78, 5) is 0. The molecule has 1 aliphatic heterocycles. The van der Waals surface area contributed by atoms with Gasteiger partial charge in [0.1, 0.15) is 5.82 Å². The van der Waals surface area contributed by atoms with Gasteiger partial charge in [0.05, 0.1) is 17.2 Å². The van der Waals surface area contributed by atoms with Crippen LogP contribution in [0.1, 0.15) is 37.7 Å². The van der Waals surface area contributed by atoms with E-state index in [1.54, 1.807) is 6.07 Å². The van der Waals surface area contributed by atoms with Gasteiger partial charge in [0.25, 0.3) is 0 Å². The number of ether oxygens (including phenoxy) is 1. The van der Waals surface area contributed by atoms with E-state index in [-0.39, 0.29) is 11.1 Å². The van der Waals surface area contributed by atoms with Gasteiger partial charge in [-0.05, 0) is 56.2 Å². The number of halogens is 2. The van der Waals surface area contributed by atoms with Gasteiger partial charge in [-0.25, -0.2) is 4.39 Å². The number of aliphatic hydroxyl groups is 1. The van der Waals surface area contributed by atoms with E-state index in [2.05, 4.69) is 0 Å². The Labute approximate surface area is 118 Å². The summed E-state index contributed by atoms with van der Waals surface area (Å²) >= 11 is 5.63. The molecule has 0 bridgehead atoms. The molecule has 1 aromatic carbocycles. The Morgan fingerprint density at radius 1 is 1.42 bits per heavy atom. The zero-order valence-corrected chi connectivity index (χ0v) is 11.7. The van der Waals surface area contributed by atoms with Crippen LogP contribution in [-0.4, -0.2) is 23.9 Å². The van der Waals surface area contributed by atoms with Crippen molar-refractivity contribution in [2.24, 2.45) is 0 Å². The molecule has 106 valence electrons. The fraction of sp³-hybridized carbons (Fsp3) is 0.600. The van der Waals surface area contributed by atoms with Gasteiger partial charge in [-0.1, -0.05) is 17.7 Å². The highest BCUT2D eigenvalue weighted by Gasteiger charge is 2.16. The third-order valence-electron chi connectivity index (χ3n) is 3.55. The molecular weight excluding hydrogens is 267 g/mol. The molecule has 2 rings (SSSR count). The molecular formula is C15H20ClFO2. The normalized spacial score (nSPS) is 21.3. The van der Waals surface area contributed by atoms with E-state index in [1.165, 1.54) is 18.6 Å². The second-order valence-corrected chi connectivity index (χ2v) is 5.58. The first-order valence-electron chi connectivity index (χ1n) is 6.89. The molecule has 1 aromatic rings. The van der Waals surface area contributed by atoms with Crippen molar-refractivity contribution in [3.8, 4) is 0 Å². The number of rotatable bonds is 5. The van der Waals surface area contributed by atoms with Crippen LogP contribution in [0.3, 0.4) is 0 Å². The van der Waals surface area contributed by atoms with E-state index in [0.29, 0.717) is 12.8 Å². The number of aliphatic hydroxyl groups excluding tert-OH is 1. The van der Waals surface area contributed by atoms with Crippen LogP contribution in [0, 0.1) is 5.82 Å². The molecule has 2 atom stereocenters. The first kappa shape index (κ1) is 14.8. The minimum atomic E-state index is -0.453. The summed E-state index contributed by atoms with van der Waals surface area (Å²) in [5, 5.41) is 10.1. The monoisotopic (exact) mass is 286 g/mol. The summed E-state index contributed by atoms with van der Waals surface area (Å²) in [5.41, 5.74) is 0.777. The molecule has 0 spiro atoms. The van der Waals surface area contributed by atoms with E-state index in [1.807, 2.05) is 0 Å². The summed E-state index contributed by atoms with van der Waals surface area (Å²) in [6, 6.07) is 4.68. The molecule has 0 aromatic heterocycles. The first-order valence-corrected chi connectivity index (χ1v) is 7.26. The van der Waals surface area contributed by atoms with Crippen molar-refractivity contribution in [2.45, 2.75) is 50.7 Å². The number of hydrogen-bond acceptors (Lipinski definition) is 2. The minimum absolute atomic E-state index is 0.119. The van der Waals surface area contributed by atoms with E-state index < -0.39 is 11.9 Å². The van der Waals surface area contributed by atoms with Crippen LogP contribution in [0.25, 0.3) is 0 Å². The van der Waals surface area contributed by atoms with E-state index in [4.69, 9.17) is 16.3 Å². The molecule has 2 unspecified atom stereocenters. The second kappa shape index (κ2) is 7.22. The van der Waals surface area contributed by atoms with Gasteiger partial charge in [-0.3, -0.25) is 0 Å². The Bertz CT molecular complexity index is 405. The number of hydrogen-bond donors (Lipinski definition) is 1. The summed E-state index contributed by atoms with van der Waals surface area (Å²) in [6.07, 6.45) is 5.29. The highest BCUT2D eigenvalue weighted by atomic mass is 35.5. The third-order valence-corrected chi connectivity index (χ3v) is 3.86. The zero-order valence-electron chi connectivity index (χ0n) is 10.9. The predicted molar refractivity (Wildman–Crippen MR) is 73.9 cm³/mol. The van der Waals surface area contributed by atoms with Crippen molar-refractivity contribution in [1.29, 1.82) is 0 Å². The van der Waals surface area contributed by atoms with Gasteiger partial charge >= 0.3 is 0 Å². The highest BCUT2D eigenvalue weighted by Crippen LogP contribution is 2.20. The molecule has 1 fully saturated rings. The Kier molecular flexibility index (Phi) is 5.61. The first-order chi connectivity index (χ1) is 9.15. The Morgan fingerprint density at radius 3 is 2.95 bits per heavy atom. The van der Waals surface area contributed by atoms with Gasteiger partial charge in [0.2, 0.25) is 0 Å². The lowest BCUT2D eigenvalue weighted by Crippen LogP contribution is -2.21. The van der Waals surface area contributed by atoms with Crippen LogP contribution in [0.2, 0.25) is 5.02 Å². The zero-order chi connectivity index (χ0) is 13.7. The SMILES string of the molecule is OC(CCC1CCCCO1)Cc1ccc(Cl)c(F)c1. The van der Waals surface area contributed by atoms with Crippen molar-refractivity contribution in [2.75, 3.05) is 6.61 Å². The largest absolute Gasteiger partial charge is 0.393 e. The van der Waals surface area contributed by atoms with Gasteiger partial charge in [0.15, 0.2) is 0 Å². The molecule has 1 saturated heterocycles. The summed E-state index contributed by atoms with van der Waals surface area (Å²) in [6.45, 7) is 0.836. The van der Waals surface area contributed by atoms with E-state index in [0.717, 1.165) is 31.4 Å². The van der Waals surface area contributed by atoms with Crippen LogP contribution in [-0.2, 0) is 11.2 Å². The smallest absolute Gasteiger partial charge is 0.142 e. The molecule has 0 aliphatic carbocycles. The molecule has 1 heterocycles. The highest BCUT2D eigenvalue weighted by molar-refractivity contribution is 6.30. The average molecular weight is 287 g/mol. The molecule has 0 amide bonds. The van der Waals surface area contributed by atoms with Crippen molar-refractivity contribution >= 4 is 11.6 Å². The summed E-state index contributed by atoms with van der Waals surface area (Å²) in [7, 11) is 0. The van der Waals surface area contributed by atoms with Gasteiger partial charge in [-0.15, -0.1) is 0 Å². The Balaban J connectivity index is 1.76. The molecule has 1 aliphatic rings. The topological polar surface area (TPSA) is 29.5 Å².